The first-order valence-electron chi connectivity index (χ1n) is 14.9. The molecule has 1 aromatic heterocycles. The Kier molecular flexibility index (Phi) is 9.18. The Balaban J connectivity index is 1.35. The van der Waals surface area contributed by atoms with Crippen molar-refractivity contribution in [2.75, 3.05) is 6.54 Å². The molecule has 1 aliphatic heterocycles. The quantitative estimate of drug-likeness (QED) is 0.233. The minimum absolute atomic E-state index is 0.0809. The van der Waals surface area contributed by atoms with Crippen LogP contribution in [0.15, 0.2) is 39.1 Å². The topological polar surface area (TPSA) is 171 Å². The number of aryl methyl sites for hydroxylation is 4. The first-order valence-corrected chi connectivity index (χ1v) is 16.3. The van der Waals surface area contributed by atoms with Crippen molar-refractivity contribution in [1.82, 2.24) is 25.2 Å². The van der Waals surface area contributed by atoms with E-state index in [-0.39, 0.29) is 34.6 Å². The second-order valence-electron chi connectivity index (χ2n) is 11.9. The van der Waals surface area contributed by atoms with E-state index in [9.17, 15) is 27.9 Å². The van der Waals surface area contributed by atoms with Crippen LogP contribution in [0.1, 0.15) is 58.3 Å². The Bertz CT molecular complexity index is 1900. The van der Waals surface area contributed by atoms with Gasteiger partial charge in [-0.1, -0.05) is 30.5 Å². The number of carbonyl (C=O) groups is 2. The van der Waals surface area contributed by atoms with Gasteiger partial charge in [-0.3, -0.25) is 14.4 Å². The number of carbonyl (C=O) groups excluding carboxylic acids is 1. The number of fused-ring (bicyclic) bond motifs is 2. The fourth-order valence-corrected chi connectivity index (χ4v) is 8.00. The smallest absolute Gasteiger partial charge is 0.323 e. The van der Waals surface area contributed by atoms with Crippen LogP contribution in [0.3, 0.4) is 0 Å². The largest absolute Gasteiger partial charge is 0.480 e. The molecule has 1 saturated heterocycles. The van der Waals surface area contributed by atoms with Gasteiger partial charge in [0.2, 0.25) is 15.5 Å². The van der Waals surface area contributed by atoms with Crippen molar-refractivity contribution in [3.05, 3.63) is 74.1 Å². The molecule has 1 amide bonds. The highest BCUT2D eigenvalue weighted by atomic mass is 32.2. The predicted octanol–water partition coefficient (Wildman–Crippen LogP) is 2.26. The molecule has 5 N–H and O–H groups in total. The summed E-state index contributed by atoms with van der Waals surface area (Å²) in [5, 5.41) is 18.1. The second-order valence-corrected chi connectivity index (χ2v) is 13.6. The van der Waals surface area contributed by atoms with Crippen LogP contribution in [0.4, 0.5) is 8.78 Å². The van der Waals surface area contributed by atoms with E-state index >= 15 is 8.78 Å². The van der Waals surface area contributed by atoms with Gasteiger partial charge in [-0.2, -0.15) is 4.72 Å². The lowest BCUT2D eigenvalue weighted by Crippen LogP contribution is -2.49. The SMILES string of the molecule is Cc1cc(C)c(S(=O)(=O)NC(CNC(=O)c2cn(C)c3c(F)c(CN=C4NC5CCCCC5N4)c(F)cc3c2=O)C(=O)O)c(C)c1. The zero-order valence-corrected chi connectivity index (χ0v) is 26.6. The monoisotopic (exact) mass is 658 g/mol. The number of benzene rings is 2. The number of rotatable bonds is 9. The van der Waals surface area contributed by atoms with Crippen molar-refractivity contribution in [1.29, 1.82) is 0 Å². The summed E-state index contributed by atoms with van der Waals surface area (Å²) in [4.78, 5) is 42.5. The summed E-state index contributed by atoms with van der Waals surface area (Å²) >= 11 is 0. The van der Waals surface area contributed by atoms with Crippen LogP contribution in [0.2, 0.25) is 0 Å². The molecule has 246 valence electrons. The Morgan fingerprint density at radius 2 is 1.70 bits per heavy atom. The maximum absolute atomic E-state index is 15.7. The van der Waals surface area contributed by atoms with Gasteiger partial charge < -0.3 is 25.6 Å². The predicted molar refractivity (Wildman–Crippen MR) is 167 cm³/mol. The number of hydrogen-bond acceptors (Lipinski definition) is 6. The Labute approximate surface area is 264 Å². The first kappa shape index (κ1) is 33.0. The molecule has 3 aromatic rings. The summed E-state index contributed by atoms with van der Waals surface area (Å²) in [5.41, 5.74) is -0.423. The number of amides is 1. The number of nitrogens with one attached hydrogen (secondary N) is 4. The molecule has 5 rings (SSSR count). The Hall–Kier alpha value is -4.37. The van der Waals surface area contributed by atoms with E-state index in [1.165, 1.54) is 7.05 Å². The van der Waals surface area contributed by atoms with Crippen molar-refractivity contribution >= 4 is 38.8 Å². The number of pyridine rings is 1. The summed E-state index contributed by atoms with van der Waals surface area (Å²) in [5.74, 6) is -4.17. The van der Waals surface area contributed by atoms with Crippen molar-refractivity contribution in [3.8, 4) is 0 Å². The van der Waals surface area contributed by atoms with Crippen molar-refractivity contribution in [2.45, 2.75) is 76.0 Å². The van der Waals surface area contributed by atoms with E-state index in [2.05, 4.69) is 25.7 Å². The third-order valence-electron chi connectivity index (χ3n) is 8.44. The number of aliphatic carboxylic acids is 1. The number of aromatic nitrogens is 1. The summed E-state index contributed by atoms with van der Waals surface area (Å²) in [6.07, 6.45) is 5.20. The third kappa shape index (κ3) is 6.47. The fraction of sp³-hybridized carbons (Fsp3) is 0.419. The van der Waals surface area contributed by atoms with Crippen LogP contribution in [0, 0.1) is 32.4 Å². The molecule has 12 nitrogen and oxygen atoms in total. The van der Waals surface area contributed by atoms with Gasteiger partial charge in [-0.25, -0.2) is 22.2 Å². The molecular formula is C31H36F2N6O6S. The standard InChI is InChI=1S/C31H36F2N6O6S/c1-15-9-16(2)28(17(3)10-15)46(44,45)38-24(30(42)43)13-34-29(41)20-14-39(4)26-18(27(20)40)11-21(32)19(25(26)33)12-35-31-36-22-7-5-6-8-23(22)37-31/h9-11,14,22-24,38H,5-8,12-13H2,1-4H3,(H,34,41)(H,42,43)(H2,35,36,37). The maximum atomic E-state index is 15.7. The van der Waals surface area contributed by atoms with E-state index in [0.717, 1.165) is 48.1 Å². The van der Waals surface area contributed by atoms with E-state index in [4.69, 9.17) is 0 Å². The zero-order valence-electron chi connectivity index (χ0n) is 25.8. The van der Waals surface area contributed by atoms with Gasteiger partial charge in [0.05, 0.1) is 22.3 Å². The molecule has 1 aliphatic carbocycles. The van der Waals surface area contributed by atoms with Gasteiger partial charge in [-0.05, 0) is 50.8 Å². The van der Waals surface area contributed by atoms with Gasteiger partial charge >= 0.3 is 5.97 Å². The molecule has 3 unspecified atom stereocenters. The van der Waals surface area contributed by atoms with Crippen molar-refractivity contribution in [2.24, 2.45) is 12.0 Å². The van der Waals surface area contributed by atoms with E-state index in [1.807, 2.05) is 0 Å². The van der Waals surface area contributed by atoms with Crippen LogP contribution in [0.5, 0.6) is 0 Å². The molecule has 0 radical (unpaired) electrons. The summed E-state index contributed by atoms with van der Waals surface area (Å²) in [6, 6.07) is 2.79. The lowest BCUT2D eigenvalue weighted by molar-refractivity contribution is -0.138. The minimum atomic E-state index is -4.32. The summed E-state index contributed by atoms with van der Waals surface area (Å²) in [7, 11) is -2.94. The molecule has 1 saturated carbocycles. The van der Waals surface area contributed by atoms with Crippen LogP contribution >= 0.6 is 0 Å². The van der Waals surface area contributed by atoms with Gasteiger partial charge in [0.1, 0.15) is 17.4 Å². The summed E-state index contributed by atoms with van der Waals surface area (Å²) < 4.78 is 60.3. The van der Waals surface area contributed by atoms with E-state index in [0.29, 0.717) is 17.1 Å². The normalized spacial score (nSPS) is 18.4. The van der Waals surface area contributed by atoms with E-state index in [1.54, 1.807) is 32.9 Å². The number of carboxylic acids is 1. The zero-order chi connectivity index (χ0) is 33.5. The molecular weight excluding hydrogens is 622 g/mol. The van der Waals surface area contributed by atoms with E-state index < -0.39 is 62.5 Å². The molecule has 2 aliphatic rings. The highest BCUT2D eigenvalue weighted by Gasteiger charge is 2.32. The van der Waals surface area contributed by atoms with Crippen LogP contribution < -0.4 is 26.1 Å². The minimum Gasteiger partial charge on any atom is -0.480 e. The van der Waals surface area contributed by atoms with Crippen molar-refractivity contribution < 1.29 is 31.9 Å². The molecule has 15 heteroatoms. The van der Waals surface area contributed by atoms with Gasteiger partial charge in [0.15, 0.2) is 11.8 Å². The lowest BCUT2D eigenvalue weighted by atomic mass is 9.92. The molecule has 3 atom stereocenters. The number of nitrogens with zero attached hydrogens (tertiary/aromatic N) is 2. The van der Waals surface area contributed by atoms with Gasteiger partial charge in [0, 0.05) is 37.4 Å². The molecule has 2 aromatic carbocycles. The molecule has 2 fully saturated rings. The van der Waals surface area contributed by atoms with Gasteiger partial charge in [-0.15, -0.1) is 0 Å². The molecule has 0 spiro atoms. The number of hydrogen-bond donors (Lipinski definition) is 5. The van der Waals surface area contributed by atoms with Crippen LogP contribution in [-0.4, -0.2) is 60.6 Å². The highest BCUT2D eigenvalue weighted by molar-refractivity contribution is 7.89. The van der Waals surface area contributed by atoms with Crippen LogP contribution in [0.25, 0.3) is 10.9 Å². The number of guanidine groups is 1. The van der Waals surface area contributed by atoms with Crippen LogP contribution in [-0.2, 0) is 28.4 Å². The second kappa shape index (κ2) is 12.8. The lowest BCUT2D eigenvalue weighted by Gasteiger charge is -2.23. The van der Waals surface area contributed by atoms with Crippen molar-refractivity contribution in [3.63, 3.8) is 0 Å². The highest BCUT2D eigenvalue weighted by Crippen LogP contribution is 2.25. The first-order chi connectivity index (χ1) is 21.7. The average Bonchev–Trinajstić information content (AvgIpc) is 3.38. The molecule has 46 heavy (non-hydrogen) atoms. The number of carboxylic acid groups (broad SMARTS) is 1. The Morgan fingerprint density at radius 1 is 1.09 bits per heavy atom. The maximum Gasteiger partial charge on any atom is 0.323 e. The average molecular weight is 659 g/mol. The summed E-state index contributed by atoms with van der Waals surface area (Å²) in [6.45, 7) is 3.92. The number of sulfonamides is 1. The fourth-order valence-electron chi connectivity index (χ4n) is 6.36. The Morgan fingerprint density at radius 3 is 2.28 bits per heavy atom. The third-order valence-corrected chi connectivity index (χ3v) is 10.2. The molecule has 0 bridgehead atoms. The molecule has 2 heterocycles. The number of halogens is 2. The number of aliphatic imine (C=N–C) groups is 1. The van der Waals surface area contributed by atoms with Gasteiger partial charge in [0.25, 0.3) is 5.91 Å².